The minimum Gasteiger partial charge on any atom is -0.484 e. The Balaban J connectivity index is 1.83. The second-order valence-corrected chi connectivity index (χ2v) is 6.98. The molecule has 0 bridgehead atoms. The number of ketones is 1. The van der Waals surface area contributed by atoms with Crippen LogP contribution in [0.4, 0.5) is 0 Å². The number of rotatable bonds is 2. The molecule has 0 aromatic heterocycles. The van der Waals surface area contributed by atoms with Crippen LogP contribution >= 0.6 is 0 Å². The van der Waals surface area contributed by atoms with Crippen LogP contribution in [0.25, 0.3) is 5.76 Å². The zero-order valence-electron chi connectivity index (χ0n) is 13.9. The summed E-state index contributed by atoms with van der Waals surface area (Å²) in [6.07, 6.45) is 4.62. The van der Waals surface area contributed by atoms with E-state index in [1.54, 1.807) is 6.08 Å². The molecule has 3 atom stereocenters. The molecular formula is C22H22O2. The van der Waals surface area contributed by atoms with Gasteiger partial charge in [-0.2, -0.15) is 0 Å². The van der Waals surface area contributed by atoms with Crippen LogP contribution in [0.3, 0.4) is 0 Å². The summed E-state index contributed by atoms with van der Waals surface area (Å²) in [5, 5.41) is 0. The van der Waals surface area contributed by atoms with E-state index in [2.05, 4.69) is 19.1 Å². The van der Waals surface area contributed by atoms with Gasteiger partial charge in [-0.25, -0.2) is 0 Å². The zero-order valence-corrected chi connectivity index (χ0v) is 13.9. The SMILES string of the molecule is CC1CCC[C@]12C(=O)C=C(c1ccccc1)O[C@H]2c1ccccc1. The lowest BCUT2D eigenvalue weighted by Crippen LogP contribution is -2.42. The molecule has 2 aliphatic rings. The third-order valence-corrected chi connectivity index (χ3v) is 5.70. The van der Waals surface area contributed by atoms with Gasteiger partial charge >= 0.3 is 0 Å². The van der Waals surface area contributed by atoms with Crippen molar-refractivity contribution in [1.29, 1.82) is 0 Å². The fraction of sp³-hybridized carbons (Fsp3) is 0.318. The molecule has 4 rings (SSSR count). The first-order chi connectivity index (χ1) is 11.7. The predicted molar refractivity (Wildman–Crippen MR) is 95.1 cm³/mol. The van der Waals surface area contributed by atoms with Gasteiger partial charge in [0.2, 0.25) is 0 Å². The highest BCUT2D eigenvalue weighted by molar-refractivity contribution is 6.02. The second-order valence-electron chi connectivity index (χ2n) is 6.98. The lowest BCUT2D eigenvalue weighted by Gasteiger charge is -2.42. The second kappa shape index (κ2) is 5.94. The first kappa shape index (κ1) is 15.2. The van der Waals surface area contributed by atoms with E-state index >= 15 is 0 Å². The van der Waals surface area contributed by atoms with Gasteiger partial charge in [0, 0.05) is 11.6 Å². The number of hydrogen-bond donors (Lipinski definition) is 0. The van der Waals surface area contributed by atoms with Gasteiger partial charge in [-0.05, 0) is 24.3 Å². The zero-order chi connectivity index (χ0) is 16.6. The summed E-state index contributed by atoms with van der Waals surface area (Å²) in [6.45, 7) is 2.20. The van der Waals surface area contributed by atoms with Crippen LogP contribution in [-0.4, -0.2) is 5.78 Å². The summed E-state index contributed by atoms with van der Waals surface area (Å²) in [4.78, 5) is 13.2. The Bertz CT molecular complexity index is 763. The van der Waals surface area contributed by atoms with E-state index in [1.807, 2.05) is 48.5 Å². The number of ether oxygens (including phenoxy) is 1. The molecule has 2 aromatic rings. The van der Waals surface area contributed by atoms with E-state index in [1.165, 1.54) is 0 Å². The van der Waals surface area contributed by atoms with Gasteiger partial charge in [-0.1, -0.05) is 74.0 Å². The standard InChI is InChI=1S/C22H22O2/c1-16-9-8-14-22(16)20(23)15-19(17-10-4-2-5-11-17)24-21(22)18-12-6-3-7-13-18/h2-7,10-13,15-16,21H,8-9,14H2,1H3/t16?,21-,22+/m0/s1. The summed E-state index contributed by atoms with van der Waals surface area (Å²) in [7, 11) is 0. The minimum absolute atomic E-state index is 0.205. The van der Waals surface area contributed by atoms with E-state index in [4.69, 9.17) is 4.74 Å². The van der Waals surface area contributed by atoms with Crippen molar-refractivity contribution in [1.82, 2.24) is 0 Å². The van der Waals surface area contributed by atoms with Crippen molar-refractivity contribution in [2.45, 2.75) is 32.3 Å². The number of benzene rings is 2. The van der Waals surface area contributed by atoms with Crippen LogP contribution in [0.5, 0.6) is 0 Å². The molecule has 1 unspecified atom stereocenters. The topological polar surface area (TPSA) is 26.3 Å². The Morgan fingerprint density at radius 1 is 1.00 bits per heavy atom. The summed E-state index contributed by atoms with van der Waals surface area (Å²) in [5.74, 6) is 1.26. The van der Waals surface area contributed by atoms with Crippen molar-refractivity contribution in [3.63, 3.8) is 0 Å². The lowest BCUT2D eigenvalue weighted by molar-refractivity contribution is -0.136. The molecule has 0 saturated heterocycles. The van der Waals surface area contributed by atoms with Crippen molar-refractivity contribution in [2.75, 3.05) is 0 Å². The van der Waals surface area contributed by atoms with Gasteiger partial charge in [0.25, 0.3) is 0 Å². The van der Waals surface area contributed by atoms with E-state index in [0.717, 1.165) is 30.4 Å². The van der Waals surface area contributed by atoms with Crippen molar-refractivity contribution < 1.29 is 9.53 Å². The molecule has 2 aromatic carbocycles. The van der Waals surface area contributed by atoms with Gasteiger partial charge in [-0.3, -0.25) is 4.79 Å². The number of carbonyl (C=O) groups is 1. The van der Waals surface area contributed by atoms with Gasteiger partial charge in [0.15, 0.2) is 5.78 Å². The van der Waals surface area contributed by atoms with Crippen LogP contribution < -0.4 is 0 Å². The van der Waals surface area contributed by atoms with Gasteiger partial charge < -0.3 is 4.74 Å². The molecule has 1 aliphatic carbocycles. The summed E-state index contributed by atoms with van der Waals surface area (Å²) in [6, 6.07) is 20.1. The normalized spacial score (nSPS) is 29.4. The summed E-state index contributed by atoms with van der Waals surface area (Å²) < 4.78 is 6.48. The average Bonchev–Trinajstić information content (AvgIpc) is 3.01. The molecule has 1 saturated carbocycles. The maximum absolute atomic E-state index is 13.2. The molecule has 0 N–H and O–H groups in total. The van der Waals surface area contributed by atoms with Crippen LogP contribution in [0, 0.1) is 11.3 Å². The smallest absolute Gasteiger partial charge is 0.169 e. The third-order valence-electron chi connectivity index (χ3n) is 5.70. The van der Waals surface area contributed by atoms with Crippen LogP contribution in [0.1, 0.15) is 43.4 Å². The molecule has 24 heavy (non-hydrogen) atoms. The Hall–Kier alpha value is -2.35. The van der Waals surface area contributed by atoms with Crippen LogP contribution in [-0.2, 0) is 9.53 Å². The molecule has 0 radical (unpaired) electrons. The molecule has 1 heterocycles. The Morgan fingerprint density at radius 3 is 2.29 bits per heavy atom. The van der Waals surface area contributed by atoms with E-state index < -0.39 is 5.41 Å². The summed E-state index contributed by atoms with van der Waals surface area (Å²) >= 11 is 0. The van der Waals surface area contributed by atoms with Crippen molar-refractivity contribution in [3.05, 3.63) is 77.9 Å². The number of carbonyl (C=O) groups excluding carboxylic acids is 1. The average molecular weight is 318 g/mol. The van der Waals surface area contributed by atoms with Crippen LogP contribution in [0.15, 0.2) is 66.7 Å². The summed E-state index contributed by atoms with van der Waals surface area (Å²) in [5.41, 5.74) is 1.65. The Labute approximate surface area is 143 Å². The fourth-order valence-corrected chi connectivity index (χ4v) is 4.36. The quantitative estimate of drug-likeness (QED) is 0.763. The molecular weight excluding hydrogens is 296 g/mol. The fourth-order valence-electron chi connectivity index (χ4n) is 4.36. The number of allylic oxidation sites excluding steroid dienone is 1. The van der Waals surface area contributed by atoms with E-state index in [0.29, 0.717) is 11.7 Å². The highest BCUT2D eigenvalue weighted by Gasteiger charge is 2.55. The maximum Gasteiger partial charge on any atom is 0.169 e. The number of hydrogen-bond acceptors (Lipinski definition) is 2. The molecule has 2 nitrogen and oxygen atoms in total. The van der Waals surface area contributed by atoms with E-state index in [-0.39, 0.29) is 11.9 Å². The Kier molecular flexibility index (Phi) is 3.76. The van der Waals surface area contributed by atoms with Crippen LogP contribution in [0.2, 0.25) is 0 Å². The molecule has 1 spiro atoms. The minimum atomic E-state index is -0.417. The van der Waals surface area contributed by atoms with Crippen molar-refractivity contribution in [3.8, 4) is 0 Å². The van der Waals surface area contributed by atoms with Gasteiger partial charge in [0.1, 0.15) is 11.9 Å². The lowest BCUT2D eigenvalue weighted by atomic mass is 9.67. The molecule has 2 heteroatoms. The van der Waals surface area contributed by atoms with E-state index in [9.17, 15) is 4.79 Å². The van der Waals surface area contributed by atoms with Crippen molar-refractivity contribution in [2.24, 2.45) is 11.3 Å². The molecule has 1 aliphatic heterocycles. The van der Waals surface area contributed by atoms with Gasteiger partial charge in [0.05, 0.1) is 5.41 Å². The highest BCUT2D eigenvalue weighted by Crippen LogP contribution is 2.57. The highest BCUT2D eigenvalue weighted by atomic mass is 16.5. The van der Waals surface area contributed by atoms with Crippen molar-refractivity contribution >= 4 is 11.5 Å². The maximum atomic E-state index is 13.2. The molecule has 1 fully saturated rings. The predicted octanol–water partition coefficient (Wildman–Crippen LogP) is 5.17. The molecule has 0 amide bonds. The van der Waals surface area contributed by atoms with Gasteiger partial charge in [-0.15, -0.1) is 0 Å². The monoisotopic (exact) mass is 318 g/mol. The Morgan fingerprint density at radius 2 is 1.67 bits per heavy atom. The first-order valence-electron chi connectivity index (χ1n) is 8.75. The first-order valence-corrected chi connectivity index (χ1v) is 8.75. The largest absolute Gasteiger partial charge is 0.484 e. The third kappa shape index (κ3) is 2.29. The molecule has 122 valence electrons.